The lowest BCUT2D eigenvalue weighted by atomic mass is 10.1. The minimum absolute atomic E-state index is 0.134. The lowest BCUT2D eigenvalue weighted by Crippen LogP contribution is -2.26. The molecule has 2 aromatic rings. The van der Waals surface area contributed by atoms with Gasteiger partial charge in [0.1, 0.15) is 0 Å². The van der Waals surface area contributed by atoms with E-state index < -0.39 is 0 Å². The highest BCUT2D eigenvalue weighted by Gasteiger charge is 2.09. The van der Waals surface area contributed by atoms with Gasteiger partial charge in [-0.1, -0.05) is 55.3 Å². The second-order valence-electron chi connectivity index (χ2n) is 7.15. The third kappa shape index (κ3) is 5.91. The van der Waals surface area contributed by atoms with Crippen LogP contribution in [0, 0.1) is 0 Å². The quantitative estimate of drug-likeness (QED) is 0.805. The van der Waals surface area contributed by atoms with Crippen LogP contribution in [0.3, 0.4) is 0 Å². The summed E-state index contributed by atoms with van der Waals surface area (Å²) in [5.41, 5.74) is 3.83. The fourth-order valence-corrected chi connectivity index (χ4v) is 3.54. The Bertz CT molecular complexity index is 658. The summed E-state index contributed by atoms with van der Waals surface area (Å²) in [5.74, 6) is 0.134. The van der Waals surface area contributed by atoms with E-state index in [0.29, 0.717) is 13.0 Å². The zero-order valence-electron chi connectivity index (χ0n) is 15.6. The van der Waals surface area contributed by atoms with Gasteiger partial charge in [0, 0.05) is 31.7 Å². The van der Waals surface area contributed by atoms with Crippen LogP contribution in [0.1, 0.15) is 43.2 Å². The molecule has 3 rings (SSSR count). The minimum Gasteiger partial charge on any atom is -0.372 e. The molecule has 1 N–H and O–H groups in total. The van der Waals surface area contributed by atoms with Crippen molar-refractivity contribution < 1.29 is 4.79 Å². The van der Waals surface area contributed by atoms with E-state index >= 15 is 0 Å². The Labute approximate surface area is 157 Å². The molecule has 0 aromatic heterocycles. The molecule has 2 aromatic carbocycles. The van der Waals surface area contributed by atoms with E-state index in [1.807, 2.05) is 18.2 Å². The number of aryl methyl sites for hydroxylation is 1. The first-order chi connectivity index (χ1) is 12.8. The summed E-state index contributed by atoms with van der Waals surface area (Å²) in [5, 5.41) is 3.04. The maximum Gasteiger partial charge on any atom is 0.220 e. The Balaban J connectivity index is 1.38. The number of hydrogen-bond donors (Lipinski definition) is 1. The zero-order chi connectivity index (χ0) is 18.0. The van der Waals surface area contributed by atoms with Crippen molar-refractivity contribution in [2.24, 2.45) is 0 Å². The van der Waals surface area contributed by atoms with E-state index in [0.717, 1.165) is 12.8 Å². The van der Waals surface area contributed by atoms with Gasteiger partial charge in [-0.3, -0.25) is 4.79 Å². The lowest BCUT2D eigenvalue weighted by Gasteiger charge is -2.22. The van der Waals surface area contributed by atoms with E-state index in [-0.39, 0.29) is 5.91 Å². The SMILES string of the molecule is O=C(CCc1ccccc1)NCCc1ccc(N2CCCCCC2)cc1. The molecule has 0 unspecified atom stereocenters. The number of nitrogens with one attached hydrogen (secondary N) is 1. The number of carbonyl (C=O) groups excluding carboxylic acids is 1. The van der Waals surface area contributed by atoms with Gasteiger partial charge in [-0.25, -0.2) is 0 Å². The van der Waals surface area contributed by atoms with Crippen LogP contribution < -0.4 is 10.2 Å². The predicted molar refractivity (Wildman–Crippen MR) is 109 cm³/mol. The van der Waals surface area contributed by atoms with Crippen LogP contribution in [0.25, 0.3) is 0 Å². The Morgan fingerprint density at radius 1 is 0.808 bits per heavy atom. The third-order valence-corrected chi connectivity index (χ3v) is 5.13. The summed E-state index contributed by atoms with van der Waals surface area (Å²) in [7, 11) is 0. The molecule has 0 atom stereocenters. The van der Waals surface area contributed by atoms with E-state index in [1.54, 1.807) is 0 Å². The highest BCUT2D eigenvalue weighted by molar-refractivity contribution is 5.76. The van der Waals surface area contributed by atoms with E-state index in [2.05, 4.69) is 46.6 Å². The summed E-state index contributed by atoms with van der Waals surface area (Å²) < 4.78 is 0. The molecule has 138 valence electrons. The van der Waals surface area contributed by atoms with E-state index in [4.69, 9.17) is 0 Å². The van der Waals surface area contributed by atoms with Crippen molar-refractivity contribution in [1.29, 1.82) is 0 Å². The molecular formula is C23H30N2O. The van der Waals surface area contributed by atoms with Crippen LogP contribution in [-0.2, 0) is 17.6 Å². The van der Waals surface area contributed by atoms with Crippen molar-refractivity contribution in [3.63, 3.8) is 0 Å². The molecule has 1 heterocycles. The molecule has 3 nitrogen and oxygen atoms in total. The molecule has 0 spiro atoms. The molecule has 26 heavy (non-hydrogen) atoms. The molecule has 3 heteroatoms. The second kappa shape index (κ2) is 10.0. The Hall–Kier alpha value is -2.29. The molecule has 1 aliphatic heterocycles. The fourth-order valence-electron chi connectivity index (χ4n) is 3.54. The first-order valence-electron chi connectivity index (χ1n) is 9.96. The van der Waals surface area contributed by atoms with Crippen molar-refractivity contribution in [2.45, 2.75) is 44.9 Å². The number of hydrogen-bond acceptors (Lipinski definition) is 2. The summed E-state index contributed by atoms with van der Waals surface area (Å²) in [6, 6.07) is 19.0. The van der Waals surface area contributed by atoms with Crippen molar-refractivity contribution in [1.82, 2.24) is 5.32 Å². The van der Waals surface area contributed by atoms with Gasteiger partial charge in [-0.15, -0.1) is 0 Å². The van der Waals surface area contributed by atoms with Gasteiger partial charge in [0.2, 0.25) is 5.91 Å². The molecule has 1 saturated heterocycles. The van der Waals surface area contributed by atoms with E-state index in [9.17, 15) is 4.79 Å². The van der Waals surface area contributed by atoms with Crippen molar-refractivity contribution in [2.75, 3.05) is 24.5 Å². The Morgan fingerprint density at radius 3 is 2.15 bits per heavy atom. The number of benzene rings is 2. The maximum absolute atomic E-state index is 12.0. The van der Waals surface area contributed by atoms with Gasteiger partial charge in [0.25, 0.3) is 0 Å². The highest BCUT2D eigenvalue weighted by Crippen LogP contribution is 2.20. The Morgan fingerprint density at radius 2 is 1.46 bits per heavy atom. The number of nitrogens with zero attached hydrogens (tertiary/aromatic N) is 1. The molecule has 0 aliphatic carbocycles. The Kier molecular flexibility index (Phi) is 7.12. The van der Waals surface area contributed by atoms with Crippen molar-refractivity contribution in [3.05, 3.63) is 65.7 Å². The van der Waals surface area contributed by atoms with Crippen molar-refractivity contribution >= 4 is 11.6 Å². The number of rotatable bonds is 7. The van der Waals surface area contributed by atoms with Crippen LogP contribution in [0.5, 0.6) is 0 Å². The standard InChI is InChI=1S/C23H30N2O/c26-23(15-12-20-8-4-3-5-9-20)24-17-16-21-10-13-22(14-11-21)25-18-6-1-2-7-19-25/h3-5,8-11,13-14H,1-2,6-7,12,15-19H2,(H,24,26). The van der Waals surface area contributed by atoms with Gasteiger partial charge in [-0.05, 0) is 48.9 Å². The summed E-state index contributed by atoms with van der Waals surface area (Å²) in [6.07, 6.45) is 7.57. The lowest BCUT2D eigenvalue weighted by molar-refractivity contribution is -0.121. The zero-order valence-corrected chi connectivity index (χ0v) is 15.6. The highest BCUT2D eigenvalue weighted by atomic mass is 16.1. The van der Waals surface area contributed by atoms with Gasteiger partial charge in [0.05, 0.1) is 0 Å². The molecule has 1 aliphatic rings. The third-order valence-electron chi connectivity index (χ3n) is 5.13. The number of amides is 1. The van der Waals surface area contributed by atoms with Crippen LogP contribution in [0.4, 0.5) is 5.69 Å². The second-order valence-corrected chi connectivity index (χ2v) is 7.15. The maximum atomic E-state index is 12.0. The topological polar surface area (TPSA) is 32.3 Å². The van der Waals surface area contributed by atoms with Crippen LogP contribution >= 0.6 is 0 Å². The van der Waals surface area contributed by atoms with Crippen molar-refractivity contribution in [3.8, 4) is 0 Å². The van der Waals surface area contributed by atoms with Gasteiger partial charge in [0.15, 0.2) is 0 Å². The number of carbonyl (C=O) groups is 1. The molecule has 0 bridgehead atoms. The van der Waals surface area contributed by atoms with Gasteiger partial charge < -0.3 is 10.2 Å². The van der Waals surface area contributed by atoms with Crippen LogP contribution in [-0.4, -0.2) is 25.5 Å². The molecule has 1 fully saturated rings. The smallest absolute Gasteiger partial charge is 0.220 e. The average molecular weight is 351 g/mol. The first-order valence-corrected chi connectivity index (χ1v) is 9.96. The van der Waals surface area contributed by atoms with Crippen LogP contribution in [0.15, 0.2) is 54.6 Å². The summed E-state index contributed by atoms with van der Waals surface area (Å²) >= 11 is 0. The molecular weight excluding hydrogens is 320 g/mol. The van der Waals surface area contributed by atoms with Gasteiger partial charge >= 0.3 is 0 Å². The molecule has 0 saturated carbocycles. The predicted octanol–water partition coefficient (Wildman–Crippen LogP) is 4.36. The van der Waals surface area contributed by atoms with Crippen LogP contribution in [0.2, 0.25) is 0 Å². The minimum atomic E-state index is 0.134. The molecule has 1 amide bonds. The summed E-state index contributed by atoms with van der Waals surface area (Å²) in [4.78, 5) is 14.5. The van der Waals surface area contributed by atoms with Gasteiger partial charge in [-0.2, -0.15) is 0 Å². The fraction of sp³-hybridized carbons (Fsp3) is 0.435. The monoisotopic (exact) mass is 350 g/mol. The molecule has 0 radical (unpaired) electrons. The average Bonchev–Trinajstić information content (AvgIpc) is 2.97. The first kappa shape index (κ1) is 18.5. The number of anilines is 1. The summed E-state index contributed by atoms with van der Waals surface area (Å²) in [6.45, 7) is 3.06. The van der Waals surface area contributed by atoms with E-state index in [1.165, 1.54) is 55.6 Å². The largest absolute Gasteiger partial charge is 0.372 e. The normalized spacial score (nSPS) is 14.7.